The maximum atomic E-state index is 12.6. The van der Waals surface area contributed by atoms with Crippen molar-refractivity contribution in [2.75, 3.05) is 44.7 Å². The minimum absolute atomic E-state index is 0.0384. The smallest absolute Gasteiger partial charge is 0.252 e. The molecule has 1 aliphatic rings. The zero-order valence-electron chi connectivity index (χ0n) is 24.1. The SMILES string of the molecule is C=CC(=O)N1CCN(CCn2c(=O)ccc3cnc(N/C(C=C)=C/C)nc32)C(C)C1.CC.CCCOCC. The minimum Gasteiger partial charge on any atom is -0.382 e. The third-order valence-electron chi connectivity index (χ3n) is 5.92. The van der Waals surface area contributed by atoms with Crippen LogP contribution in [-0.2, 0) is 16.1 Å². The van der Waals surface area contributed by atoms with Crippen LogP contribution < -0.4 is 10.9 Å². The molecule has 1 fully saturated rings. The second kappa shape index (κ2) is 18.0. The Bertz CT molecular complexity index is 1110. The summed E-state index contributed by atoms with van der Waals surface area (Å²) in [4.78, 5) is 37.4. The molecule has 0 aromatic carbocycles. The highest BCUT2D eigenvalue weighted by molar-refractivity contribution is 5.87. The van der Waals surface area contributed by atoms with Crippen LogP contribution in [0.2, 0.25) is 0 Å². The number of anilines is 1. The van der Waals surface area contributed by atoms with Crippen LogP contribution in [0.3, 0.4) is 0 Å². The van der Waals surface area contributed by atoms with Gasteiger partial charge in [0.1, 0.15) is 5.65 Å². The van der Waals surface area contributed by atoms with E-state index in [4.69, 9.17) is 4.74 Å². The summed E-state index contributed by atoms with van der Waals surface area (Å²) in [6.45, 7) is 24.4. The average molecular weight is 527 g/mol. The summed E-state index contributed by atoms with van der Waals surface area (Å²) in [5.41, 5.74) is 1.28. The highest BCUT2D eigenvalue weighted by atomic mass is 16.5. The van der Waals surface area contributed by atoms with Gasteiger partial charge in [-0.1, -0.05) is 40.0 Å². The van der Waals surface area contributed by atoms with Gasteiger partial charge in [0.25, 0.3) is 5.56 Å². The van der Waals surface area contributed by atoms with E-state index < -0.39 is 0 Å². The lowest BCUT2D eigenvalue weighted by Gasteiger charge is -2.39. The summed E-state index contributed by atoms with van der Waals surface area (Å²) in [7, 11) is 0. The van der Waals surface area contributed by atoms with Crippen LogP contribution >= 0.6 is 0 Å². The van der Waals surface area contributed by atoms with Crippen molar-refractivity contribution in [3.63, 3.8) is 0 Å². The van der Waals surface area contributed by atoms with Crippen molar-refractivity contribution in [2.45, 2.75) is 60.5 Å². The number of hydrogen-bond donors (Lipinski definition) is 1. The number of hydrogen-bond acceptors (Lipinski definition) is 7. The molecule has 1 amide bonds. The number of fused-ring (bicyclic) bond motifs is 1. The summed E-state index contributed by atoms with van der Waals surface area (Å²) < 4.78 is 6.66. The van der Waals surface area contributed by atoms with E-state index in [2.05, 4.69) is 47.2 Å². The summed E-state index contributed by atoms with van der Waals surface area (Å²) in [6.07, 6.45) is 7.75. The third kappa shape index (κ3) is 9.87. The molecule has 2 aromatic rings. The molecule has 0 saturated carbocycles. The Labute approximate surface area is 227 Å². The van der Waals surface area contributed by atoms with Crippen LogP contribution in [0.1, 0.15) is 48.0 Å². The van der Waals surface area contributed by atoms with Crippen LogP contribution in [-0.4, -0.2) is 75.7 Å². The normalized spacial score (nSPS) is 15.6. The first-order valence-electron chi connectivity index (χ1n) is 13.5. The molecule has 0 aliphatic carbocycles. The van der Waals surface area contributed by atoms with Gasteiger partial charge < -0.3 is 15.0 Å². The second-order valence-electron chi connectivity index (χ2n) is 8.44. The lowest BCUT2D eigenvalue weighted by molar-refractivity contribution is -0.128. The van der Waals surface area contributed by atoms with Crippen LogP contribution in [0.25, 0.3) is 11.0 Å². The Morgan fingerprint density at radius 2 is 1.92 bits per heavy atom. The number of nitrogens with zero attached hydrogens (tertiary/aromatic N) is 5. The molecule has 38 heavy (non-hydrogen) atoms. The second-order valence-corrected chi connectivity index (χ2v) is 8.44. The molecular weight excluding hydrogens is 480 g/mol. The molecular formula is C29H46N6O3. The average Bonchev–Trinajstić information content (AvgIpc) is 2.95. The first kappa shape index (κ1) is 32.7. The summed E-state index contributed by atoms with van der Waals surface area (Å²) in [6, 6.07) is 3.49. The van der Waals surface area contributed by atoms with Crippen molar-refractivity contribution < 1.29 is 9.53 Å². The molecule has 1 aliphatic heterocycles. The fourth-order valence-corrected chi connectivity index (χ4v) is 3.89. The molecule has 3 rings (SSSR count). The molecule has 1 N–H and O–H groups in total. The lowest BCUT2D eigenvalue weighted by Crippen LogP contribution is -2.54. The first-order chi connectivity index (χ1) is 18.4. The van der Waals surface area contributed by atoms with E-state index in [1.54, 1.807) is 29.0 Å². The van der Waals surface area contributed by atoms with Gasteiger partial charge in [0, 0.05) is 75.3 Å². The monoisotopic (exact) mass is 526 g/mol. The number of carbonyl (C=O) groups excluding carboxylic acids is 1. The van der Waals surface area contributed by atoms with Crippen molar-refractivity contribution in [2.24, 2.45) is 0 Å². The molecule has 210 valence electrons. The quantitative estimate of drug-likeness (QED) is 0.277. The molecule has 9 nitrogen and oxygen atoms in total. The van der Waals surface area contributed by atoms with E-state index in [-0.39, 0.29) is 17.5 Å². The topological polar surface area (TPSA) is 92.6 Å². The Kier molecular flexibility index (Phi) is 15.5. The van der Waals surface area contributed by atoms with Crippen molar-refractivity contribution in [3.05, 3.63) is 65.8 Å². The number of pyridine rings is 1. The van der Waals surface area contributed by atoms with Crippen molar-refractivity contribution in [3.8, 4) is 0 Å². The van der Waals surface area contributed by atoms with Crippen LogP contribution in [0.15, 0.2) is 60.2 Å². The third-order valence-corrected chi connectivity index (χ3v) is 5.92. The highest BCUT2D eigenvalue weighted by Gasteiger charge is 2.25. The van der Waals surface area contributed by atoms with E-state index in [9.17, 15) is 9.59 Å². The van der Waals surface area contributed by atoms with Gasteiger partial charge in [-0.15, -0.1) is 0 Å². The van der Waals surface area contributed by atoms with Gasteiger partial charge in [0.2, 0.25) is 11.9 Å². The number of amides is 1. The number of ether oxygens (including phenoxy) is 1. The zero-order valence-corrected chi connectivity index (χ0v) is 24.1. The Hall–Kier alpha value is -3.30. The molecule has 1 atom stereocenters. The molecule has 3 heterocycles. The van der Waals surface area contributed by atoms with Gasteiger partial charge in [-0.2, -0.15) is 4.98 Å². The highest BCUT2D eigenvalue weighted by Crippen LogP contribution is 2.14. The largest absolute Gasteiger partial charge is 0.382 e. The number of piperazine rings is 1. The number of rotatable bonds is 10. The van der Waals surface area contributed by atoms with E-state index in [1.807, 2.05) is 38.7 Å². The number of allylic oxidation sites excluding steroid dienone is 2. The lowest BCUT2D eigenvalue weighted by atomic mass is 10.2. The van der Waals surface area contributed by atoms with Crippen molar-refractivity contribution >= 4 is 22.9 Å². The fourth-order valence-electron chi connectivity index (χ4n) is 3.89. The minimum atomic E-state index is -0.102. The van der Waals surface area contributed by atoms with E-state index in [0.717, 1.165) is 37.3 Å². The fraction of sp³-hybridized carbons (Fsp3) is 0.517. The predicted molar refractivity (Wildman–Crippen MR) is 157 cm³/mol. The van der Waals surface area contributed by atoms with Gasteiger partial charge in [0.05, 0.1) is 0 Å². The maximum absolute atomic E-state index is 12.6. The molecule has 1 unspecified atom stereocenters. The van der Waals surface area contributed by atoms with E-state index >= 15 is 0 Å². The first-order valence-corrected chi connectivity index (χ1v) is 13.5. The van der Waals surface area contributed by atoms with Crippen LogP contribution in [0.5, 0.6) is 0 Å². The molecule has 0 radical (unpaired) electrons. The molecule has 9 heteroatoms. The number of nitrogens with one attached hydrogen (secondary N) is 1. The zero-order chi connectivity index (χ0) is 28.5. The molecule has 2 aromatic heterocycles. The van der Waals surface area contributed by atoms with Crippen molar-refractivity contribution in [1.82, 2.24) is 24.3 Å². The van der Waals surface area contributed by atoms with E-state index in [1.165, 1.54) is 6.08 Å². The molecule has 0 bridgehead atoms. The maximum Gasteiger partial charge on any atom is 0.252 e. The van der Waals surface area contributed by atoms with Gasteiger partial charge in [-0.25, -0.2) is 4.98 Å². The van der Waals surface area contributed by atoms with E-state index in [0.29, 0.717) is 37.8 Å². The summed E-state index contributed by atoms with van der Waals surface area (Å²) in [5, 5.41) is 3.90. The van der Waals surface area contributed by atoms with Crippen LogP contribution in [0.4, 0.5) is 5.95 Å². The summed E-state index contributed by atoms with van der Waals surface area (Å²) >= 11 is 0. The number of aromatic nitrogens is 3. The van der Waals surface area contributed by atoms with Gasteiger partial charge >= 0.3 is 0 Å². The Morgan fingerprint density at radius 1 is 1.18 bits per heavy atom. The standard InChI is InChI=1S/C22H28N6O2.C5H12O.C2H6/c1-5-18(6-2)24-22-23-14-17-8-9-20(30)28(21(17)25-22)13-12-26-10-11-27(15-16(26)4)19(29)7-3;1-3-5-6-4-2;1-2/h5-9,14,16H,1,3,10-13,15H2,2,4H3,(H,23,24,25);3-5H2,1-2H3;1-2H3/b18-6+;;. The predicted octanol–water partition coefficient (Wildman–Crippen LogP) is 4.47. The number of carbonyl (C=O) groups is 1. The van der Waals surface area contributed by atoms with Crippen molar-refractivity contribution in [1.29, 1.82) is 0 Å². The molecule has 1 saturated heterocycles. The van der Waals surface area contributed by atoms with Gasteiger partial charge in [-0.3, -0.25) is 19.1 Å². The van der Waals surface area contributed by atoms with Gasteiger partial charge in [-0.05, 0) is 45.4 Å². The summed E-state index contributed by atoms with van der Waals surface area (Å²) in [5.74, 6) is 0.378. The Morgan fingerprint density at radius 3 is 2.47 bits per heavy atom. The molecule has 0 spiro atoms. The van der Waals surface area contributed by atoms with Crippen LogP contribution in [0, 0.1) is 0 Å². The Balaban J connectivity index is 0.000000795. The van der Waals surface area contributed by atoms with Gasteiger partial charge in [0.15, 0.2) is 0 Å².